The smallest absolute Gasteiger partial charge is 0.168 e. The van der Waals surface area contributed by atoms with Crippen LogP contribution in [-0.2, 0) is 0 Å². The fourth-order valence-corrected chi connectivity index (χ4v) is 2.66. The third kappa shape index (κ3) is 1.57. The predicted molar refractivity (Wildman–Crippen MR) is 64.8 cm³/mol. The first-order chi connectivity index (χ1) is 7.33. The highest BCUT2D eigenvalue weighted by atomic mass is 32.2. The lowest BCUT2D eigenvalue weighted by Gasteiger charge is -2.10. The van der Waals surface area contributed by atoms with E-state index >= 15 is 0 Å². The topological polar surface area (TPSA) is 15.6 Å². The Hall–Kier alpha value is -1.22. The number of rotatable bonds is 1. The van der Waals surface area contributed by atoms with Crippen molar-refractivity contribution in [2.24, 2.45) is 4.99 Å². The summed E-state index contributed by atoms with van der Waals surface area (Å²) in [6, 6.07) is 8.99. The van der Waals surface area contributed by atoms with Gasteiger partial charge in [0.05, 0.1) is 12.6 Å². The van der Waals surface area contributed by atoms with Gasteiger partial charge in [0, 0.05) is 6.20 Å². The molecule has 0 saturated heterocycles. The zero-order chi connectivity index (χ0) is 10.3. The fraction of sp³-hybridized carbons (Fsp3) is 0.250. The molecule has 0 unspecified atom stereocenters. The summed E-state index contributed by atoms with van der Waals surface area (Å²) >= 11 is 1.71. The van der Waals surface area contributed by atoms with Gasteiger partial charge in [-0.1, -0.05) is 41.6 Å². The molecule has 0 N–H and O–H groups in total. The highest BCUT2D eigenvalue weighted by molar-refractivity contribution is 8.16. The van der Waals surface area contributed by atoms with Gasteiger partial charge in [-0.05, 0) is 17.9 Å². The van der Waals surface area contributed by atoms with E-state index in [4.69, 9.17) is 4.99 Å². The molecule has 2 aliphatic rings. The van der Waals surface area contributed by atoms with Crippen molar-refractivity contribution in [2.45, 2.75) is 13.0 Å². The molecule has 0 radical (unpaired) electrons. The number of benzene rings is 1. The first kappa shape index (κ1) is 9.04. The molecule has 0 aromatic heterocycles. The normalized spacial score (nSPS) is 23.1. The number of aryl methyl sites for hydroxylation is 1. The van der Waals surface area contributed by atoms with Gasteiger partial charge in [-0.25, -0.2) is 0 Å². The van der Waals surface area contributed by atoms with Crippen molar-refractivity contribution in [3.63, 3.8) is 0 Å². The van der Waals surface area contributed by atoms with Crippen LogP contribution in [0, 0.1) is 6.92 Å². The fourth-order valence-electron chi connectivity index (χ4n) is 1.87. The maximum Gasteiger partial charge on any atom is 0.168 e. The van der Waals surface area contributed by atoms with E-state index in [1.807, 2.05) is 0 Å². The predicted octanol–water partition coefficient (Wildman–Crippen LogP) is 2.93. The standard InChI is InChI=1S/C12H12N2S/c1-9-2-4-10(5-3-9)11-8-14-6-7-15-12(14)13-11/h2-7,11H,8H2,1H3/t11-/m1/s1. The molecule has 0 aliphatic carbocycles. The zero-order valence-electron chi connectivity index (χ0n) is 8.55. The van der Waals surface area contributed by atoms with Crippen LogP contribution >= 0.6 is 11.8 Å². The van der Waals surface area contributed by atoms with Crippen LogP contribution in [0.2, 0.25) is 0 Å². The van der Waals surface area contributed by atoms with Gasteiger partial charge in [0.1, 0.15) is 0 Å². The molecule has 0 amide bonds. The van der Waals surface area contributed by atoms with Crippen molar-refractivity contribution in [3.8, 4) is 0 Å². The molecular formula is C12H12N2S. The molecular weight excluding hydrogens is 204 g/mol. The van der Waals surface area contributed by atoms with E-state index in [0.29, 0.717) is 6.04 Å². The Kier molecular flexibility index (Phi) is 2.06. The zero-order valence-corrected chi connectivity index (χ0v) is 9.37. The van der Waals surface area contributed by atoms with Crippen LogP contribution in [0.1, 0.15) is 17.2 Å². The second-order valence-electron chi connectivity index (χ2n) is 3.89. The molecule has 2 nitrogen and oxygen atoms in total. The van der Waals surface area contributed by atoms with Crippen LogP contribution in [0.25, 0.3) is 0 Å². The Morgan fingerprint density at radius 1 is 1.33 bits per heavy atom. The SMILES string of the molecule is Cc1ccc([C@H]2CN3C=CSC3=N2)cc1. The highest BCUT2D eigenvalue weighted by Crippen LogP contribution is 2.32. The van der Waals surface area contributed by atoms with Crippen LogP contribution in [0.3, 0.4) is 0 Å². The van der Waals surface area contributed by atoms with Crippen molar-refractivity contribution in [1.82, 2.24) is 4.90 Å². The summed E-state index contributed by atoms with van der Waals surface area (Å²) in [5.41, 5.74) is 2.62. The maximum atomic E-state index is 4.69. The lowest BCUT2D eigenvalue weighted by molar-refractivity contribution is 0.558. The number of hydrogen-bond donors (Lipinski definition) is 0. The van der Waals surface area contributed by atoms with Gasteiger partial charge in [-0.3, -0.25) is 4.99 Å². The molecule has 0 fully saturated rings. The van der Waals surface area contributed by atoms with Crippen molar-refractivity contribution in [1.29, 1.82) is 0 Å². The molecule has 0 saturated carbocycles. The molecule has 1 aromatic rings. The van der Waals surface area contributed by atoms with Crippen molar-refractivity contribution < 1.29 is 0 Å². The van der Waals surface area contributed by atoms with Gasteiger partial charge in [0.25, 0.3) is 0 Å². The van der Waals surface area contributed by atoms with Crippen LogP contribution < -0.4 is 0 Å². The Bertz CT molecular complexity index is 433. The van der Waals surface area contributed by atoms with Crippen molar-refractivity contribution in [2.75, 3.05) is 6.54 Å². The lowest BCUT2D eigenvalue weighted by Crippen LogP contribution is -2.15. The van der Waals surface area contributed by atoms with E-state index in [-0.39, 0.29) is 0 Å². The van der Waals surface area contributed by atoms with Gasteiger partial charge in [-0.15, -0.1) is 0 Å². The molecule has 1 aromatic carbocycles. The third-order valence-electron chi connectivity index (χ3n) is 2.76. The average Bonchev–Trinajstić information content (AvgIpc) is 2.78. The Morgan fingerprint density at radius 3 is 2.87 bits per heavy atom. The summed E-state index contributed by atoms with van der Waals surface area (Å²) in [5, 5.41) is 3.23. The Labute approximate surface area is 93.7 Å². The number of aliphatic imine (C=N–C) groups is 1. The first-order valence-corrected chi connectivity index (χ1v) is 5.95. The quantitative estimate of drug-likeness (QED) is 0.717. The highest BCUT2D eigenvalue weighted by Gasteiger charge is 2.27. The van der Waals surface area contributed by atoms with Crippen molar-refractivity contribution >= 4 is 16.9 Å². The van der Waals surface area contributed by atoms with Crippen LogP contribution in [-0.4, -0.2) is 16.6 Å². The van der Waals surface area contributed by atoms with E-state index in [9.17, 15) is 0 Å². The van der Waals surface area contributed by atoms with Gasteiger partial charge in [-0.2, -0.15) is 0 Å². The first-order valence-electron chi connectivity index (χ1n) is 5.07. The summed E-state index contributed by atoms with van der Waals surface area (Å²) in [4.78, 5) is 6.91. The second kappa shape index (κ2) is 3.42. The van der Waals surface area contributed by atoms with E-state index < -0.39 is 0 Å². The summed E-state index contributed by atoms with van der Waals surface area (Å²) in [6.45, 7) is 3.10. The molecule has 2 aliphatic heterocycles. The van der Waals surface area contributed by atoms with Crippen LogP contribution in [0.5, 0.6) is 0 Å². The minimum atomic E-state index is 0.318. The van der Waals surface area contributed by atoms with E-state index in [1.54, 1.807) is 11.8 Å². The van der Waals surface area contributed by atoms with Gasteiger partial charge in [0.15, 0.2) is 5.17 Å². The maximum absolute atomic E-state index is 4.69. The number of amidine groups is 1. The van der Waals surface area contributed by atoms with E-state index in [1.165, 1.54) is 11.1 Å². The molecule has 3 rings (SSSR count). The minimum absolute atomic E-state index is 0.318. The Balaban J connectivity index is 1.86. The van der Waals surface area contributed by atoms with Crippen LogP contribution in [0.15, 0.2) is 40.9 Å². The minimum Gasteiger partial charge on any atom is -0.325 e. The molecule has 3 heteroatoms. The average molecular weight is 216 g/mol. The van der Waals surface area contributed by atoms with Gasteiger partial charge < -0.3 is 4.90 Å². The van der Waals surface area contributed by atoms with E-state index in [2.05, 4.69) is 47.7 Å². The Morgan fingerprint density at radius 2 is 2.13 bits per heavy atom. The number of fused-ring (bicyclic) bond motifs is 1. The molecule has 1 atom stereocenters. The molecule has 2 heterocycles. The molecule has 15 heavy (non-hydrogen) atoms. The molecule has 0 spiro atoms. The summed E-state index contributed by atoms with van der Waals surface area (Å²) in [7, 11) is 0. The summed E-state index contributed by atoms with van der Waals surface area (Å²) in [6.07, 6.45) is 2.11. The van der Waals surface area contributed by atoms with Gasteiger partial charge >= 0.3 is 0 Å². The van der Waals surface area contributed by atoms with Gasteiger partial charge in [0.2, 0.25) is 0 Å². The number of nitrogens with zero attached hydrogens (tertiary/aromatic N) is 2. The van der Waals surface area contributed by atoms with E-state index in [0.717, 1.165) is 11.7 Å². The largest absolute Gasteiger partial charge is 0.325 e. The summed E-state index contributed by atoms with van der Waals surface area (Å²) in [5.74, 6) is 0. The van der Waals surface area contributed by atoms with Crippen molar-refractivity contribution in [3.05, 3.63) is 47.0 Å². The molecule has 76 valence electrons. The number of hydrogen-bond acceptors (Lipinski definition) is 3. The van der Waals surface area contributed by atoms with Crippen LogP contribution in [0.4, 0.5) is 0 Å². The molecule has 0 bridgehead atoms. The monoisotopic (exact) mass is 216 g/mol. The third-order valence-corrected chi connectivity index (χ3v) is 3.57. The lowest BCUT2D eigenvalue weighted by atomic mass is 10.1. The second-order valence-corrected chi connectivity index (χ2v) is 4.77. The summed E-state index contributed by atoms with van der Waals surface area (Å²) < 4.78 is 0. The number of thioether (sulfide) groups is 1.